The Morgan fingerprint density at radius 2 is 1.81 bits per heavy atom. The molecule has 0 aromatic heterocycles. The summed E-state index contributed by atoms with van der Waals surface area (Å²) in [5.74, 6) is 0.474. The smallest absolute Gasteiger partial charge is 0.246 e. The van der Waals surface area contributed by atoms with E-state index in [9.17, 15) is 8.42 Å². The number of hydrogen-bond acceptors (Lipinski definition) is 4. The molecule has 1 aromatic carbocycles. The highest BCUT2D eigenvalue weighted by molar-refractivity contribution is 7.89. The Hall–Kier alpha value is -1.11. The van der Waals surface area contributed by atoms with Crippen molar-refractivity contribution in [3.05, 3.63) is 24.3 Å². The number of rotatable bonds is 0. The molecule has 1 saturated heterocycles. The molecule has 0 radical (unpaired) electrons. The van der Waals surface area contributed by atoms with Crippen LogP contribution in [0.25, 0.3) is 0 Å². The number of piperidine rings is 1. The second-order valence-electron chi connectivity index (χ2n) is 6.30. The summed E-state index contributed by atoms with van der Waals surface area (Å²) in [6.07, 6.45) is 1.93. The highest BCUT2D eigenvalue weighted by atomic mass is 32.2. The first-order valence-corrected chi connectivity index (χ1v) is 8.74. The maximum atomic E-state index is 12.7. The van der Waals surface area contributed by atoms with E-state index in [1.54, 1.807) is 25.2 Å². The molecule has 21 heavy (non-hydrogen) atoms. The molecule has 2 aliphatic heterocycles. The molecular weight excluding hydrogens is 288 g/mol. The van der Waals surface area contributed by atoms with Crippen LogP contribution in [0.15, 0.2) is 29.2 Å². The van der Waals surface area contributed by atoms with Crippen LogP contribution < -0.4 is 4.74 Å². The van der Waals surface area contributed by atoms with E-state index in [1.807, 2.05) is 6.07 Å². The SMILES string of the molecule is CN1CCC2(CC1)COc1ccccc1S(=O)(=O)N(C)C2. The fourth-order valence-corrected chi connectivity index (χ4v) is 4.59. The van der Waals surface area contributed by atoms with Gasteiger partial charge in [0.05, 0.1) is 6.61 Å². The van der Waals surface area contributed by atoms with E-state index in [2.05, 4.69) is 11.9 Å². The molecule has 0 amide bonds. The standard InChI is InChI=1S/C15H22N2O3S/c1-16-9-7-15(8-10-16)11-17(2)21(18,19)14-6-4-3-5-13(14)20-12-15/h3-6H,7-12H2,1-2H3. The van der Waals surface area contributed by atoms with Crippen molar-refractivity contribution in [2.75, 3.05) is 40.3 Å². The Labute approximate surface area is 126 Å². The van der Waals surface area contributed by atoms with E-state index in [0.29, 0.717) is 18.9 Å². The number of para-hydroxylation sites is 1. The van der Waals surface area contributed by atoms with Crippen molar-refractivity contribution in [3.8, 4) is 5.75 Å². The average Bonchev–Trinajstić information content (AvgIpc) is 2.47. The normalized spacial score (nSPS) is 25.6. The van der Waals surface area contributed by atoms with Gasteiger partial charge in [-0.05, 0) is 45.1 Å². The van der Waals surface area contributed by atoms with Gasteiger partial charge in [0.1, 0.15) is 10.6 Å². The molecule has 0 aliphatic carbocycles. The molecular formula is C15H22N2O3S. The predicted octanol–water partition coefficient (Wildman–Crippen LogP) is 1.41. The van der Waals surface area contributed by atoms with Crippen LogP contribution in [0, 0.1) is 5.41 Å². The van der Waals surface area contributed by atoms with Gasteiger partial charge in [0.15, 0.2) is 0 Å². The molecule has 0 saturated carbocycles. The van der Waals surface area contributed by atoms with Crippen LogP contribution in [-0.2, 0) is 10.0 Å². The number of benzene rings is 1. The lowest BCUT2D eigenvalue weighted by Gasteiger charge is -2.43. The van der Waals surface area contributed by atoms with Crippen LogP contribution in [0.5, 0.6) is 5.75 Å². The van der Waals surface area contributed by atoms with Crippen molar-refractivity contribution in [3.63, 3.8) is 0 Å². The molecule has 0 N–H and O–H groups in total. The molecule has 2 heterocycles. The molecule has 116 valence electrons. The van der Waals surface area contributed by atoms with Gasteiger partial charge in [-0.15, -0.1) is 0 Å². The zero-order valence-corrected chi connectivity index (χ0v) is 13.4. The molecule has 0 unspecified atom stereocenters. The van der Waals surface area contributed by atoms with Crippen LogP contribution >= 0.6 is 0 Å². The van der Waals surface area contributed by atoms with Crippen molar-refractivity contribution in [1.82, 2.24) is 9.21 Å². The first-order valence-electron chi connectivity index (χ1n) is 7.30. The monoisotopic (exact) mass is 310 g/mol. The molecule has 0 atom stereocenters. The van der Waals surface area contributed by atoms with Crippen LogP contribution in [0.3, 0.4) is 0 Å². The Bertz CT molecular complexity index is 622. The van der Waals surface area contributed by atoms with Gasteiger partial charge in [-0.1, -0.05) is 12.1 Å². The van der Waals surface area contributed by atoms with Gasteiger partial charge in [0.25, 0.3) is 0 Å². The van der Waals surface area contributed by atoms with Gasteiger partial charge in [-0.2, -0.15) is 0 Å². The van der Waals surface area contributed by atoms with E-state index < -0.39 is 10.0 Å². The highest BCUT2D eigenvalue weighted by Gasteiger charge is 2.41. The number of likely N-dealkylation sites (tertiary alicyclic amines) is 1. The lowest BCUT2D eigenvalue weighted by Crippen LogP contribution is -2.49. The number of fused-ring (bicyclic) bond motifs is 1. The van der Waals surface area contributed by atoms with E-state index in [1.165, 1.54) is 4.31 Å². The van der Waals surface area contributed by atoms with Crippen molar-refractivity contribution in [2.45, 2.75) is 17.7 Å². The Balaban J connectivity index is 1.98. The number of hydrogen-bond donors (Lipinski definition) is 0. The second kappa shape index (κ2) is 5.26. The third-order valence-corrected chi connectivity index (χ3v) is 6.52. The molecule has 1 fully saturated rings. The quantitative estimate of drug-likeness (QED) is 0.727. The molecule has 2 aliphatic rings. The fraction of sp³-hybridized carbons (Fsp3) is 0.600. The van der Waals surface area contributed by atoms with Crippen LogP contribution in [-0.4, -0.2) is 58.0 Å². The zero-order chi connectivity index (χ0) is 15.1. The van der Waals surface area contributed by atoms with E-state index in [-0.39, 0.29) is 10.3 Å². The van der Waals surface area contributed by atoms with Crippen molar-refractivity contribution < 1.29 is 13.2 Å². The topological polar surface area (TPSA) is 49.9 Å². The first-order chi connectivity index (χ1) is 9.93. The van der Waals surface area contributed by atoms with E-state index >= 15 is 0 Å². The minimum absolute atomic E-state index is 0.0815. The van der Waals surface area contributed by atoms with E-state index in [4.69, 9.17) is 4.74 Å². The number of nitrogens with zero attached hydrogens (tertiary/aromatic N) is 2. The van der Waals surface area contributed by atoms with Gasteiger partial charge < -0.3 is 9.64 Å². The lowest BCUT2D eigenvalue weighted by atomic mass is 9.79. The second-order valence-corrected chi connectivity index (χ2v) is 8.31. The Morgan fingerprint density at radius 3 is 2.52 bits per heavy atom. The summed E-state index contributed by atoms with van der Waals surface area (Å²) in [6.45, 7) is 3.08. The van der Waals surface area contributed by atoms with Gasteiger partial charge in [-0.25, -0.2) is 12.7 Å². The summed E-state index contributed by atoms with van der Waals surface area (Å²) in [4.78, 5) is 2.56. The largest absolute Gasteiger partial charge is 0.492 e. The summed E-state index contributed by atoms with van der Waals surface area (Å²) in [5, 5.41) is 0. The lowest BCUT2D eigenvalue weighted by molar-refractivity contribution is 0.0472. The van der Waals surface area contributed by atoms with Crippen molar-refractivity contribution in [2.24, 2.45) is 5.41 Å². The Morgan fingerprint density at radius 1 is 1.14 bits per heavy atom. The summed E-state index contributed by atoms with van der Waals surface area (Å²) in [7, 11) is 0.307. The molecule has 1 aromatic rings. The fourth-order valence-electron chi connectivity index (χ4n) is 3.18. The zero-order valence-electron chi connectivity index (χ0n) is 12.6. The maximum Gasteiger partial charge on any atom is 0.246 e. The molecule has 3 rings (SSSR count). The summed E-state index contributed by atoms with van der Waals surface area (Å²) < 4.78 is 32.8. The molecule has 1 spiro atoms. The average molecular weight is 310 g/mol. The summed E-state index contributed by atoms with van der Waals surface area (Å²) in [6, 6.07) is 6.92. The summed E-state index contributed by atoms with van der Waals surface area (Å²) in [5.41, 5.74) is -0.0815. The van der Waals surface area contributed by atoms with Gasteiger partial charge in [0, 0.05) is 19.0 Å². The highest BCUT2D eigenvalue weighted by Crippen LogP contribution is 2.38. The van der Waals surface area contributed by atoms with E-state index in [0.717, 1.165) is 25.9 Å². The van der Waals surface area contributed by atoms with Gasteiger partial charge in [-0.3, -0.25) is 0 Å². The number of sulfonamides is 1. The first kappa shape index (κ1) is 14.8. The van der Waals surface area contributed by atoms with Crippen molar-refractivity contribution in [1.29, 1.82) is 0 Å². The maximum absolute atomic E-state index is 12.7. The third-order valence-electron chi connectivity index (χ3n) is 4.68. The third kappa shape index (κ3) is 2.67. The molecule has 5 nitrogen and oxygen atoms in total. The summed E-state index contributed by atoms with van der Waals surface area (Å²) >= 11 is 0. The van der Waals surface area contributed by atoms with Gasteiger partial charge in [0.2, 0.25) is 10.0 Å². The number of ether oxygens (including phenoxy) is 1. The minimum atomic E-state index is -3.47. The van der Waals surface area contributed by atoms with Crippen LogP contribution in [0.2, 0.25) is 0 Å². The minimum Gasteiger partial charge on any atom is -0.492 e. The molecule has 6 heteroatoms. The van der Waals surface area contributed by atoms with Gasteiger partial charge >= 0.3 is 0 Å². The van der Waals surface area contributed by atoms with Crippen LogP contribution in [0.1, 0.15) is 12.8 Å². The van der Waals surface area contributed by atoms with Crippen LogP contribution in [0.4, 0.5) is 0 Å². The Kier molecular flexibility index (Phi) is 3.71. The van der Waals surface area contributed by atoms with Crippen molar-refractivity contribution >= 4 is 10.0 Å². The predicted molar refractivity (Wildman–Crippen MR) is 80.9 cm³/mol. The molecule has 0 bridgehead atoms.